The zero-order chi connectivity index (χ0) is 21.0. The summed E-state index contributed by atoms with van der Waals surface area (Å²) in [6.07, 6.45) is -3.00. The van der Waals surface area contributed by atoms with Crippen molar-refractivity contribution in [3.8, 4) is 0 Å². The number of likely N-dealkylation sites (tertiary alicyclic amines) is 1. The first-order valence-corrected chi connectivity index (χ1v) is 10.1. The summed E-state index contributed by atoms with van der Waals surface area (Å²) in [5.74, 6) is -0.260. The van der Waals surface area contributed by atoms with Gasteiger partial charge in [-0.2, -0.15) is 13.2 Å². The van der Waals surface area contributed by atoms with Gasteiger partial charge in [0.1, 0.15) is 0 Å². The Morgan fingerprint density at radius 3 is 2.48 bits per heavy atom. The predicted octanol–water partition coefficient (Wildman–Crippen LogP) is 5.54. The molecule has 0 atom stereocenters. The maximum absolute atomic E-state index is 12.8. The molecular weight excluding hydrogens is 424 g/mol. The molecular formula is C21H21Cl2F3N2O. The van der Waals surface area contributed by atoms with Crippen LogP contribution < -0.4 is 5.32 Å². The van der Waals surface area contributed by atoms with E-state index in [1.54, 1.807) is 18.2 Å². The van der Waals surface area contributed by atoms with E-state index in [1.807, 2.05) is 6.07 Å². The van der Waals surface area contributed by atoms with Gasteiger partial charge in [0.05, 0.1) is 5.56 Å². The standard InChI is InChI=1S/C21H21Cl2F3N2O/c22-18-5-4-16(19(23)11-18)13-28-8-6-15(7-9-28)20(29)27-12-14-2-1-3-17(10-14)21(24,25)26/h1-5,10-11,15H,6-9,12-13H2,(H,27,29). The summed E-state index contributed by atoms with van der Waals surface area (Å²) in [5, 5.41) is 3.98. The lowest BCUT2D eigenvalue weighted by Crippen LogP contribution is -2.40. The molecule has 3 rings (SSSR count). The molecule has 0 spiro atoms. The van der Waals surface area contributed by atoms with Gasteiger partial charge in [0.15, 0.2) is 0 Å². The zero-order valence-electron chi connectivity index (χ0n) is 15.6. The van der Waals surface area contributed by atoms with Gasteiger partial charge >= 0.3 is 6.18 Å². The number of halogens is 5. The van der Waals surface area contributed by atoms with Crippen LogP contribution in [0.15, 0.2) is 42.5 Å². The van der Waals surface area contributed by atoms with Crippen molar-refractivity contribution in [2.24, 2.45) is 5.92 Å². The number of nitrogens with zero attached hydrogens (tertiary/aromatic N) is 1. The van der Waals surface area contributed by atoms with Crippen molar-refractivity contribution in [1.29, 1.82) is 0 Å². The van der Waals surface area contributed by atoms with Crippen LogP contribution in [0.5, 0.6) is 0 Å². The summed E-state index contributed by atoms with van der Waals surface area (Å²) in [5.41, 5.74) is 0.713. The van der Waals surface area contributed by atoms with Gasteiger partial charge in [-0.05, 0) is 61.3 Å². The number of amides is 1. The van der Waals surface area contributed by atoms with Crippen LogP contribution in [-0.2, 0) is 24.1 Å². The van der Waals surface area contributed by atoms with Crippen molar-refractivity contribution in [1.82, 2.24) is 10.2 Å². The second-order valence-corrected chi connectivity index (χ2v) is 8.05. The van der Waals surface area contributed by atoms with Crippen molar-refractivity contribution in [2.75, 3.05) is 13.1 Å². The van der Waals surface area contributed by atoms with Crippen LogP contribution >= 0.6 is 23.2 Å². The highest BCUT2D eigenvalue weighted by Crippen LogP contribution is 2.29. The van der Waals surface area contributed by atoms with Gasteiger partial charge in [0.2, 0.25) is 5.91 Å². The highest BCUT2D eigenvalue weighted by atomic mass is 35.5. The Bertz CT molecular complexity index is 865. The van der Waals surface area contributed by atoms with E-state index in [0.717, 1.165) is 30.8 Å². The molecule has 1 fully saturated rings. The van der Waals surface area contributed by atoms with E-state index >= 15 is 0 Å². The Labute approximate surface area is 177 Å². The van der Waals surface area contributed by atoms with E-state index in [1.165, 1.54) is 6.07 Å². The van der Waals surface area contributed by atoms with Gasteiger partial charge in [-0.3, -0.25) is 9.69 Å². The third kappa shape index (κ3) is 6.11. The minimum atomic E-state index is -4.39. The van der Waals surface area contributed by atoms with E-state index in [2.05, 4.69) is 10.2 Å². The first-order valence-electron chi connectivity index (χ1n) is 9.32. The number of hydrogen-bond donors (Lipinski definition) is 1. The molecule has 29 heavy (non-hydrogen) atoms. The second-order valence-electron chi connectivity index (χ2n) is 7.20. The Hall–Kier alpha value is -1.76. The molecule has 0 radical (unpaired) electrons. The summed E-state index contributed by atoms with van der Waals surface area (Å²) < 4.78 is 38.4. The molecule has 1 amide bonds. The summed E-state index contributed by atoms with van der Waals surface area (Å²) in [6.45, 7) is 2.28. The van der Waals surface area contributed by atoms with Crippen LogP contribution in [-0.4, -0.2) is 23.9 Å². The van der Waals surface area contributed by atoms with Crippen molar-refractivity contribution < 1.29 is 18.0 Å². The Kier molecular flexibility index (Phi) is 7.09. The van der Waals surface area contributed by atoms with Crippen molar-refractivity contribution in [2.45, 2.75) is 32.1 Å². The fourth-order valence-electron chi connectivity index (χ4n) is 3.44. The van der Waals surface area contributed by atoms with E-state index in [-0.39, 0.29) is 18.4 Å². The molecule has 0 bridgehead atoms. The number of piperidine rings is 1. The van der Waals surface area contributed by atoms with Gasteiger partial charge in [-0.1, -0.05) is 41.4 Å². The molecule has 3 nitrogen and oxygen atoms in total. The number of benzene rings is 2. The molecule has 156 valence electrons. The third-order valence-corrected chi connectivity index (χ3v) is 5.68. The maximum atomic E-state index is 12.8. The number of rotatable bonds is 5. The molecule has 1 aliphatic heterocycles. The van der Waals surface area contributed by atoms with Gasteiger partial charge in [0, 0.05) is 29.1 Å². The second kappa shape index (κ2) is 9.37. The third-order valence-electron chi connectivity index (χ3n) is 5.09. The lowest BCUT2D eigenvalue weighted by atomic mass is 9.95. The lowest BCUT2D eigenvalue weighted by molar-refractivity contribution is -0.137. The van der Waals surface area contributed by atoms with Gasteiger partial charge in [-0.25, -0.2) is 0 Å². The van der Waals surface area contributed by atoms with Crippen LogP contribution in [0.4, 0.5) is 13.2 Å². The van der Waals surface area contributed by atoms with Crippen LogP contribution in [0.2, 0.25) is 10.0 Å². The Morgan fingerprint density at radius 2 is 1.83 bits per heavy atom. The van der Waals surface area contributed by atoms with Gasteiger partial charge < -0.3 is 5.32 Å². The zero-order valence-corrected chi connectivity index (χ0v) is 17.1. The number of nitrogens with one attached hydrogen (secondary N) is 1. The van der Waals surface area contributed by atoms with Crippen LogP contribution in [0.1, 0.15) is 29.5 Å². The first kappa shape index (κ1) is 21.9. The van der Waals surface area contributed by atoms with Crippen molar-refractivity contribution in [3.63, 3.8) is 0 Å². The summed E-state index contributed by atoms with van der Waals surface area (Å²) in [4.78, 5) is 14.7. The molecule has 0 aliphatic carbocycles. The van der Waals surface area contributed by atoms with Crippen molar-refractivity contribution >= 4 is 29.1 Å². The average Bonchev–Trinajstić information content (AvgIpc) is 2.68. The predicted molar refractivity (Wildman–Crippen MR) is 108 cm³/mol. The molecule has 1 saturated heterocycles. The number of carbonyl (C=O) groups excluding carboxylic acids is 1. The molecule has 2 aromatic carbocycles. The normalized spacial score (nSPS) is 16.0. The highest BCUT2D eigenvalue weighted by molar-refractivity contribution is 6.35. The minimum Gasteiger partial charge on any atom is -0.352 e. The molecule has 1 N–H and O–H groups in total. The fraction of sp³-hybridized carbons (Fsp3) is 0.381. The molecule has 0 unspecified atom stereocenters. The molecule has 1 heterocycles. The number of alkyl halides is 3. The van der Waals surface area contributed by atoms with Crippen LogP contribution in [0.25, 0.3) is 0 Å². The summed E-state index contributed by atoms with van der Waals surface area (Å²) in [6, 6.07) is 10.4. The summed E-state index contributed by atoms with van der Waals surface area (Å²) in [7, 11) is 0. The topological polar surface area (TPSA) is 32.3 Å². The minimum absolute atomic E-state index is 0.0867. The fourth-order valence-corrected chi connectivity index (χ4v) is 3.90. The lowest BCUT2D eigenvalue weighted by Gasteiger charge is -2.31. The Morgan fingerprint density at radius 1 is 1.10 bits per heavy atom. The van der Waals surface area contributed by atoms with E-state index < -0.39 is 11.7 Å². The number of hydrogen-bond acceptors (Lipinski definition) is 2. The van der Waals surface area contributed by atoms with Crippen LogP contribution in [0.3, 0.4) is 0 Å². The Balaban J connectivity index is 1.48. The van der Waals surface area contributed by atoms with Gasteiger partial charge in [-0.15, -0.1) is 0 Å². The molecule has 0 saturated carbocycles. The SMILES string of the molecule is O=C(NCc1cccc(C(F)(F)F)c1)C1CCN(Cc2ccc(Cl)cc2Cl)CC1. The van der Waals surface area contributed by atoms with Crippen LogP contribution in [0, 0.1) is 5.92 Å². The first-order chi connectivity index (χ1) is 13.7. The number of carbonyl (C=O) groups is 1. The van der Waals surface area contributed by atoms with E-state index in [4.69, 9.17) is 23.2 Å². The molecule has 8 heteroatoms. The summed E-state index contributed by atoms with van der Waals surface area (Å²) >= 11 is 12.1. The van der Waals surface area contributed by atoms with Crippen molar-refractivity contribution in [3.05, 3.63) is 69.2 Å². The average molecular weight is 445 g/mol. The smallest absolute Gasteiger partial charge is 0.352 e. The van der Waals surface area contributed by atoms with Gasteiger partial charge in [0.25, 0.3) is 0 Å². The van der Waals surface area contributed by atoms with E-state index in [0.29, 0.717) is 35.0 Å². The largest absolute Gasteiger partial charge is 0.416 e. The van der Waals surface area contributed by atoms with E-state index in [9.17, 15) is 18.0 Å². The molecule has 1 aliphatic rings. The quantitative estimate of drug-likeness (QED) is 0.656. The maximum Gasteiger partial charge on any atom is 0.416 e. The molecule has 2 aromatic rings. The molecule has 0 aromatic heterocycles. The monoisotopic (exact) mass is 444 g/mol. The highest BCUT2D eigenvalue weighted by Gasteiger charge is 2.30.